The number of halogens is 3. The molecule has 1 fully saturated rings. The first kappa shape index (κ1) is 24.5. The molecule has 1 aliphatic rings. The molecule has 2 aromatic rings. The fourth-order valence-corrected chi connectivity index (χ4v) is 4.13. The SMILES string of the molecule is CC(C)Nc1cc(CN2C(=O)N(c3ccc(S(=O)(=O)C(F)(F)F)cc3)C(=O)C2(C)C)ccn1. The van der Waals surface area contributed by atoms with Crippen LogP contribution in [0.15, 0.2) is 47.5 Å². The minimum Gasteiger partial charge on any atom is -0.368 e. The summed E-state index contributed by atoms with van der Waals surface area (Å²) in [5.41, 5.74) is -6.02. The third kappa shape index (κ3) is 4.52. The number of anilines is 2. The average Bonchev–Trinajstić information content (AvgIpc) is 2.86. The Bertz CT molecular complexity index is 1180. The molecule has 12 heteroatoms. The van der Waals surface area contributed by atoms with E-state index in [-0.39, 0.29) is 18.3 Å². The molecule has 8 nitrogen and oxygen atoms in total. The van der Waals surface area contributed by atoms with Crippen molar-refractivity contribution in [1.82, 2.24) is 9.88 Å². The molecule has 178 valence electrons. The van der Waals surface area contributed by atoms with Gasteiger partial charge in [0.05, 0.1) is 10.6 Å². The third-order valence-electron chi connectivity index (χ3n) is 5.13. The standard InChI is InChI=1S/C21H23F3N4O4S/c1-13(2)26-17-11-14(9-10-25-17)12-27-19(30)28(18(29)20(27,3)4)15-5-7-16(8-6-15)33(31,32)21(22,23)24/h5-11,13H,12H2,1-4H3,(H,25,26). The molecule has 1 saturated heterocycles. The number of nitrogens with one attached hydrogen (secondary N) is 1. The van der Waals surface area contributed by atoms with Crippen molar-refractivity contribution in [1.29, 1.82) is 0 Å². The van der Waals surface area contributed by atoms with E-state index in [0.29, 0.717) is 5.82 Å². The van der Waals surface area contributed by atoms with Gasteiger partial charge in [0.1, 0.15) is 11.4 Å². The van der Waals surface area contributed by atoms with Crippen LogP contribution in [0, 0.1) is 0 Å². The highest BCUT2D eigenvalue weighted by Gasteiger charge is 2.52. The number of amides is 3. The van der Waals surface area contributed by atoms with Gasteiger partial charge in [0.15, 0.2) is 0 Å². The second-order valence-electron chi connectivity index (χ2n) is 8.36. The number of carbonyl (C=O) groups is 2. The van der Waals surface area contributed by atoms with E-state index in [1.807, 2.05) is 13.8 Å². The van der Waals surface area contributed by atoms with E-state index < -0.39 is 37.7 Å². The van der Waals surface area contributed by atoms with Crippen molar-refractivity contribution in [2.75, 3.05) is 10.2 Å². The van der Waals surface area contributed by atoms with Gasteiger partial charge >= 0.3 is 11.5 Å². The molecule has 0 aliphatic carbocycles. The van der Waals surface area contributed by atoms with Crippen LogP contribution in [-0.4, -0.2) is 47.3 Å². The smallest absolute Gasteiger partial charge is 0.368 e. The van der Waals surface area contributed by atoms with E-state index >= 15 is 0 Å². The minimum absolute atomic E-state index is 0.0291. The Balaban J connectivity index is 1.89. The molecular weight excluding hydrogens is 461 g/mol. The summed E-state index contributed by atoms with van der Waals surface area (Å²) in [7, 11) is -5.54. The first-order valence-electron chi connectivity index (χ1n) is 9.95. The topological polar surface area (TPSA) is 99.7 Å². The number of alkyl halides is 3. The maximum atomic E-state index is 13.1. The Hall–Kier alpha value is -3.15. The normalized spacial score (nSPS) is 16.6. The fourth-order valence-electron chi connectivity index (χ4n) is 3.37. The first-order chi connectivity index (χ1) is 15.2. The molecule has 0 unspecified atom stereocenters. The molecule has 0 spiro atoms. The van der Waals surface area contributed by atoms with E-state index in [1.165, 1.54) is 4.90 Å². The van der Waals surface area contributed by atoms with Gasteiger partial charge in [0.2, 0.25) is 0 Å². The Labute approximate surface area is 189 Å². The second kappa shape index (κ2) is 8.32. The maximum absolute atomic E-state index is 13.1. The number of pyridine rings is 1. The quantitative estimate of drug-likeness (QED) is 0.624. The predicted octanol–water partition coefficient (Wildman–Crippen LogP) is 3.94. The van der Waals surface area contributed by atoms with Gasteiger partial charge in [-0.15, -0.1) is 0 Å². The zero-order chi connectivity index (χ0) is 24.8. The van der Waals surface area contributed by atoms with Crippen LogP contribution in [0.5, 0.6) is 0 Å². The Morgan fingerprint density at radius 3 is 2.24 bits per heavy atom. The van der Waals surface area contributed by atoms with Crippen molar-refractivity contribution in [3.05, 3.63) is 48.2 Å². The van der Waals surface area contributed by atoms with Crippen molar-refractivity contribution in [2.45, 2.75) is 56.2 Å². The summed E-state index contributed by atoms with van der Waals surface area (Å²) < 4.78 is 61.5. The van der Waals surface area contributed by atoms with Crippen LogP contribution in [-0.2, 0) is 21.2 Å². The van der Waals surface area contributed by atoms with Crippen molar-refractivity contribution in [2.24, 2.45) is 0 Å². The first-order valence-corrected chi connectivity index (χ1v) is 11.4. The maximum Gasteiger partial charge on any atom is 0.501 e. The summed E-state index contributed by atoms with van der Waals surface area (Å²) in [6, 6.07) is 6.38. The van der Waals surface area contributed by atoms with Gasteiger partial charge < -0.3 is 10.2 Å². The van der Waals surface area contributed by atoms with E-state index in [2.05, 4.69) is 10.3 Å². The fraction of sp³-hybridized carbons (Fsp3) is 0.381. The van der Waals surface area contributed by atoms with Gasteiger partial charge in [-0.25, -0.2) is 23.1 Å². The molecule has 1 aromatic heterocycles. The van der Waals surface area contributed by atoms with Crippen LogP contribution in [0.4, 0.5) is 29.5 Å². The summed E-state index contributed by atoms with van der Waals surface area (Å²) in [5.74, 6) is 0.0186. The van der Waals surface area contributed by atoms with Crippen LogP contribution in [0.3, 0.4) is 0 Å². The zero-order valence-corrected chi connectivity index (χ0v) is 19.2. The van der Waals surface area contributed by atoms with Crippen molar-refractivity contribution >= 4 is 33.3 Å². The van der Waals surface area contributed by atoms with E-state index in [1.54, 1.807) is 32.2 Å². The summed E-state index contributed by atoms with van der Waals surface area (Å²) >= 11 is 0. The number of urea groups is 1. The summed E-state index contributed by atoms with van der Waals surface area (Å²) in [5, 5.41) is 3.15. The lowest BCUT2D eigenvalue weighted by molar-refractivity contribution is -0.123. The Morgan fingerprint density at radius 2 is 1.70 bits per heavy atom. The molecule has 1 aliphatic heterocycles. The van der Waals surface area contributed by atoms with Gasteiger partial charge in [-0.3, -0.25) is 4.79 Å². The lowest BCUT2D eigenvalue weighted by atomic mass is 10.0. The van der Waals surface area contributed by atoms with Crippen molar-refractivity contribution in [3.8, 4) is 0 Å². The van der Waals surface area contributed by atoms with Gasteiger partial charge in [0, 0.05) is 18.8 Å². The molecule has 2 heterocycles. The van der Waals surface area contributed by atoms with Gasteiger partial charge in [-0.2, -0.15) is 13.2 Å². The second-order valence-corrected chi connectivity index (χ2v) is 10.3. The number of carbonyl (C=O) groups excluding carboxylic acids is 2. The monoisotopic (exact) mass is 484 g/mol. The highest BCUT2D eigenvalue weighted by Crippen LogP contribution is 2.35. The Kier molecular flexibility index (Phi) is 6.18. The van der Waals surface area contributed by atoms with Gasteiger partial charge in [0.25, 0.3) is 15.7 Å². The van der Waals surface area contributed by atoms with E-state index in [0.717, 1.165) is 34.7 Å². The minimum atomic E-state index is -5.54. The number of hydrogen-bond acceptors (Lipinski definition) is 6. The molecule has 3 rings (SSSR count). The predicted molar refractivity (Wildman–Crippen MR) is 115 cm³/mol. The summed E-state index contributed by atoms with van der Waals surface area (Å²) in [4.78, 5) is 31.6. The number of imide groups is 1. The number of aromatic nitrogens is 1. The van der Waals surface area contributed by atoms with Gasteiger partial charge in [-0.05, 0) is 69.7 Å². The number of rotatable bonds is 6. The van der Waals surface area contributed by atoms with E-state index in [9.17, 15) is 31.2 Å². The molecule has 33 heavy (non-hydrogen) atoms. The molecule has 0 saturated carbocycles. The van der Waals surface area contributed by atoms with Gasteiger partial charge in [-0.1, -0.05) is 0 Å². The molecule has 0 radical (unpaired) electrons. The highest BCUT2D eigenvalue weighted by atomic mass is 32.2. The molecule has 3 amide bonds. The lowest BCUT2D eigenvalue weighted by Gasteiger charge is -2.27. The molecule has 0 atom stereocenters. The van der Waals surface area contributed by atoms with Crippen molar-refractivity contribution < 1.29 is 31.2 Å². The van der Waals surface area contributed by atoms with Crippen molar-refractivity contribution in [3.63, 3.8) is 0 Å². The molecule has 1 aromatic carbocycles. The Morgan fingerprint density at radius 1 is 1.09 bits per heavy atom. The average molecular weight is 485 g/mol. The van der Waals surface area contributed by atoms with Crippen LogP contribution in [0.1, 0.15) is 33.3 Å². The van der Waals surface area contributed by atoms with Crippen LogP contribution in [0.25, 0.3) is 0 Å². The molecule has 0 bridgehead atoms. The number of benzene rings is 1. The molecular formula is C21H23F3N4O4S. The zero-order valence-electron chi connectivity index (χ0n) is 18.3. The number of hydrogen-bond donors (Lipinski definition) is 1. The highest BCUT2D eigenvalue weighted by molar-refractivity contribution is 7.92. The summed E-state index contributed by atoms with van der Waals surface area (Å²) in [6.45, 7) is 7.10. The summed E-state index contributed by atoms with van der Waals surface area (Å²) in [6.07, 6.45) is 1.58. The number of sulfone groups is 1. The van der Waals surface area contributed by atoms with Crippen LogP contribution in [0.2, 0.25) is 0 Å². The molecule has 1 N–H and O–H groups in total. The number of nitrogens with zero attached hydrogens (tertiary/aromatic N) is 3. The van der Waals surface area contributed by atoms with Crippen LogP contribution < -0.4 is 10.2 Å². The third-order valence-corrected chi connectivity index (χ3v) is 6.64. The van der Waals surface area contributed by atoms with E-state index in [4.69, 9.17) is 0 Å². The van der Waals surface area contributed by atoms with Crippen LogP contribution >= 0.6 is 0 Å². The lowest BCUT2D eigenvalue weighted by Crippen LogP contribution is -2.43. The largest absolute Gasteiger partial charge is 0.501 e.